The highest BCUT2D eigenvalue weighted by Crippen LogP contribution is 2.64. The zero-order valence-corrected chi connectivity index (χ0v) is 84.1. The summed E-state index contributed by atoms with van der Waals surface area (Å²) in [6, 6.07) is 32.6. The number of amides is 16. The summed E-state index contributed by atoms with van der Waals surface area (Å²) in [7, 11) is 0. The Labute approximate surface area is 821 Å². The molecule has 0 aliphatic heterocycles. The lowest BCUT2D eigenvalue weighted by Gasteiger charge is -2.44. The van der Waals surface area contributed by atoms with Crippen molar-refractivity contribution < 1.29 is 86.2 Å². The second-order valence-electron chi connectivity index (χ2n) is 37.6. The van der Waals surface area contributed by atoms with Crippen LogP contribution in [0.15, 0.2) is 188 Å². The van der Waals surface area contributed by atoms with Crippen LogP contribution in [0.5, 0.6) is 0 Å². The highest BCUT2D eigenvalue weighted by Gasteiger charge is 2.50. The van der Waals surface area contributed by atoms with Crippen molar-refractivity contribution in [3.8, 4) is 22.3 Å². The molecule has 0 spiro atoms. The third-order valence-corrected chi connectivity index (χ3v) is 37.9. The molecule has 0 radical (unpaired) electrons. The normalized spacial score (nSPS) is 16.2. The van der Waals surface area contributed by atoms with E-state index >= 15 is 38.4 Å². The van der Waals surface area contributed by atoms with Crippen molar-refractivity contribution in [1.82, 2.24) is 68.3 Å². The summed E-state index contributed by atoms with van der Waals surface area (Å²) >= 11 is 14.0. The molecule has 16 amide bonds. The van der Waals surface area contributed by atoms with Crippen molar-refractivity contribution in [2.24, 2.45) is 5.73 Å². The molecule has 13 N–H and O–H groups in total. The lowest BCUT2D eigenvalue weighted by atomic mass is 9.98. The van der Waals surface area contributed by atoms with Gasteiger partial charge in [-0.2, -0.15) is 0 Å². The van der Waals surface area contributed by atoms with Gasteiger partial charge in [-0.3, -0.25) is 67.1 Å². The first-order chi connectivity index (χ1) is 65.9. The molecular formula is C103H128N14O18P2S2. The molecule has 0 saturated heterocycles. The van der Waals surface area contributed by atoms with Crippen LogP contribution in [0.4, 0.5) is 9.59 Å². The number of rotatable bonds is 40. The van der Waals surface area contributed by atoms with E-state index in [1.807, 2.05) is 97.1 Å². The quantitative estimate of drug-likeness (QED) is 0.0160. The lowest BCUT2D eigenvalue weighted by Crippen LogP contribution is -2.64. The van der Waals surface area contributed by atoms with Gasteiger partial charge in [0.25, 0.3) is 11.8 Å². The van der Waals surface area contributed by atoms with Crippen LogP contribution in [-0.4, -0.2) is 219 Å². The number of hydrogen-bond donors (Lipinski definition) is 12. The Morgan fingerprint density at radius 2 is 0.676 bits per heavy atom. The van der Waals surface area contributed by atoms with Crippen molar-refractivity contribution >= 4 is 141 Å². The van der Waals surface area contributed by atoms with Gasteiger partial charge in [0.05, 0.1) is 0 Å². The Kier molecular flexibility index (Phi) is 36.4. The zero-order valence-electron chi connectivity index (χ0n) is 80.7. The lowest BCUT2D eigenvalue weighted by molar-refractivity contribution is -0.142. The molecule has 32 nitrogen and oxygen atoms in total. The summed E-state index contributed by atoms with van der Waals surface area (Å²) in [5, 5.41) is 29.8. The average molecular weight is 1980 g/mol. The van der Waals surface area contributed by atoms with Gasteiger partial charge >= 0.3 is 12.2 Å². The van der Waals surface area contributed by atoms with E-state index in [2.05, 4.69) is 58.5 Å². The second kappa shape index (κ2) is 47.3. The molecule has 7 aromatic carbocycles. The average Bonchev–Trinajstić information content (AvgIpc) is 1.76. The van der Waals surface area contributed by atoms with Gasteiger partial charge < -0.3 is 73.7 Å². The maximum atomic E-state index is 16.9. The number of nitrogens with zero attached hydrogens (tertiary/aromatic N) is 2. The van der Waals surface area contributed by atoms with E-state index in [0.29, 0.717) is 46.8 Å². The van der Waals surface area contributed by atoms with Crippen LogP contribution in [0, 0.1) is 0 Å². The van der Waals surface area contributed by atoms with Gasteiger partial charge in [0.15, 0.2) is 0 Å². The van der Waals surface area contributed by atoms with E-state index in [-0.39, 0.29) is 30.5 Å². The Bertz CT molecular complexity index is 5690. The van der Waals surface area contributed by atoms with Gasteiger partial charge in [0.2, 0.25) is 70.9 Å². The number of carbonyl (C=O) groups is 16. The molecule has 11 atom stereocenters. The third-order valence-electron chi connectivity index (χ3n) is 26.4. The van der Waals surface area contributed by atoms with Crippen molar-refractivity contribution in [3.63, 3.8) is 0 Å². The number of nitrogens with two attached hydrogens (primary N) is 1. The van der Waals surface area contributed by atoms with Crippen LogP contribution in [0.3, 0.4) is 0 Å². The van der Waals surface area contributed by atoms with Gasteiger partial charge in [-0.1, -0.05) is 250 Å². The van der Waals surface area contributed by atoms with Crippen molar-refractivity contribution in [2.75, 3.05) is 25.5 Å². The van der Waals surface area contributed by atoms with E-state index in [1.54, 1.807) is 91.0 Å². The molecule has 740 valence electrons. The van der Waals surface area contributed by atoms with Gasteiger partial charge in [0, 0.05) is 43.5 Å². The predicted molar refractivity (Wildman–Crippen MR) is 538 cm³/mol. The molecular weight excluding hydrogens is 1850 g/mol. The fraction of sp³-hybridized carbons (Fsp3) is 0.437. The SMILES string of the molecule is CC(=O)N[C@@H](C)C(=O)N[C@@H](C)C(=O)NC(C)(C)C(=O)N[C@@H](C)C(=O)N(C(=O)OCC1c2ccccc2-c2ccccc21)[C@H](CP(=S)(c1ccccc1)c1ccccc1)C(=O)N[C@@H](C)C(=O)N[C@@H](C)C(=O)N[C@@H](Cc1ccccc1)C(=O)N(C(=O)OCC1c2ccccc2-c2ccccc21)[C@@H](CP(=S)(C1CCCCC1)C1CCCCC1)C(=O)N[C@@H](C)C(=O)N[C@@H](C)C(=O)NC(C)(C)C(=O)N[C@@H](C)C(N)=O. The molecule has 36 heteroatoms. The summed E-state index contributed by atoms with van der Waals surface area (Å²) in [6.45, 7) is 16.5. The fourth-order valence-electron chi connectivity index (χ4n) is 18.4. The number of ether oxygens (including phenoxy) is 2. The zero-order chi connectivity index (χ0) is 101. The minimum Gasteiger partial charge on any atom is -0.448 e. The molecule has 2 saturated carbocycles. The first-order valence-corrected chi connectivity index (χ1v) is 53.4. The van der Waals surface area contributed by atoms with Gasteiger partial charge in [-0.25, -0.2) is 19.4 Å². The van der Waals surface area contributed by atoms with E-state index in [1.165, 1.54) is 90.0 Å². The smallest absolute Gasteiger partial charge is 0.417 e. The molecule has 4 aliphatic rings. The molecule has 11 rings (SSSR count). The highest BCUT2D eigenvalue weighted by molar-refractivity contribution is 8.22. The molecule has 0 aromatic heterocycles. The van der Waals surface area contributed by atoms with Crippen LogP contribution in [-0.2, 0) is 107 Å². The molecule has 4 aliphatic carbocycles. The van der Waals surface area contributed by atoms with Crippen molar-refractivity contribution in [2.45, 2.75) is 261 Å². The topological polar surface area (TPSA) is 456 Å². The maximum absolute atomic E-state index is 16.9. The molecule has 0 heterocycles. The van der Waals surface area contributed by atoms with Crippen LogP contribution >= 0.6 is 12.1 Å². The Morgan fingerprint density at radius 3 is 1.04 bits per heavy atom. The number of hydrogen-bond acceptors (Lipinski definition) is 20. The second-order valence-corrected chi connectivity index (χ2v) is 47.9. The van der Waals surface area contributed by atoms with E-state index < -0.39 is 209 Å². The van der Waals surface area contributed by atoms with E-state index in [0.717, 1.165) is 87.9 Å². The van der Waals surface area contributed by atoms with Gasteiger partial charge in [-0.15, -0.1) is 0 Å². The van der Waals surface area contributed by atoms with Crippen molar-refractivity contribution in [3.05, 3.63) is 216 Å². The summed E-state index contributed by atoms with van der Waals surface area (Å²) in [6.07, 6.45) is 4.25. The maximum Gasteiger partial charge on any atom is 0.417 e. The predicted octanol–water partition coefficient (Wildman–Crippen LogP) is 8.61. The first-order valence-electron chi connectivity index (χ1n) is 47.3. The molecule has 2 fully saturated rings. The van der Waals surface area contributed by atoms with E-state index in [9.17, 15) is 38.4 Å². The number of nitrogens with one attached hydrogen (secondary N) is 11. The van der Waals surface area contributed by atoms with Gasteiger partial charge in [-0.05, 0) is 187 Å². The first kappa shape index (κ1) is 107. The minimum atomic E-state index is -3.49. The summed E-state index contributed by atoms with van der Waals surface area (Å²) in [5.41, 5.74) is 8.79. The number of imide groups is 2. The Hall–Kier alpha value is -12.6. The van der Waals surface area contributed by atoms with Gasteiger partial charge in [0.1, 0.15) is 90.8 Å². The van der Waals surface area contributed by atoms with Crippen LogP contribution in [0.1, 0.15) is 194 Å². The summed E-state index contributed by atoms with van der Waals surface area (Å²) in [4.78, 5) is 237. The number of primary amides is 1. The molecule has 0 bridgehead atoms. The van der Waals surface area contributed by atoms with Crippen LogP contribution in [0.25, 0.3) is 22.3 Å². The van der Waals surface area contributed by atoms with Crippen LogP contribution in [0.2, 0.25) is 0 Å². The van der Waals surface area contributed by atoms with Crippen molar-refractivity contribution in [1.29, 1.82) is 0 Å². The number of carbonyl (C=O) groups excluding carboxylic acids is 16. The number of fused-ring (bicyclic) bond motifs is 6. The fourth-order valence-corrected chi connectivity index (χ4v) is 28.6. The Balaban J connectivity index is 0.938. The summed E-state index contributed by atoms with van der Waals surface area (Å²) < 4.78 is 12.8. The molecule has 0 unspecified atom stereocenters. The van der Waals surface area contributed by atoms with Crippen LogP contribution < -0.4 is 74.8 Å². The third kappa shape index (κ3) is 26.3. The minimum absolute atomic E-state index is 0.108. The largest absolute Gasteiger partial charge is 0.448 e. The highest BCUT2D eigenvalue weighted by atomic mass is 32.4. The van der Waals surface area contributed by atoms with E-state index in [4.69, 9.17) is 38.8 Å². The Morgan fingerprint density at radius 1 is 0.367 bits per heavy atom. The molecule has 139 heavy (non-hydrogen) atoms. The summed E-state index contributed by atoms with van der Waals surface area (Å²) in [5.74, 6) is -14.1. The monoisotopic (exact) mass is 1970 g/mol. The molecule has 7 aromatic rings. The standard InChI is InChI=1S/C103H128N14O18P2S2/c1-60(87(104)119)111-98(130)102(10,11)114-93(125)66(7)108-90(122)63(4)110-95(127)86(59-137(139,72-43-25-17-26-44-72)73-45-27-18-28-46-73)117(101(133)135-57-83-80-53-35-31-49-76(80)77-50-32-36-54-81(77)83)97(129)84(55-69-37-19-14-20-38-69)113-91(123)64(5)106-89(121)62(3)109-94(126)85(58-136(138,70-39-21-15-22-40-70)71-41-23-16-24-42-71)116(100(132)134-56-82-78-51-33-29-47-74(78)75-48-30-34-52-79(75)82)96(128)67(8)112-99(131)103(12,13)115-92(124)65(6)107-88(120)61(2)105-68(9)118/h14-16,19-24,29-42,47-54,60-67,72-73,82-86H,17-18,25-28,43-46,55-59H2,1-13H3,(H2,104,119)(H,105,118)(H,106,121)(H,107,120)(H,108,122)(H,109,126)(H,110,127)(H,111,130)(H,112,131)(H,113,123)(H,114,125)(H,115,124)/t60-,61-,62-,63-,64-,65-,66-,67-,84-,85+,86-/m0/s1. The number of benzene rings is 7.